The van der Waals surface area contributed by atoms with E-state index in [0.29, 0.717) is 22.6 Å². The molecule has 27 heavy (non-hydrogen) atoms. The minimum atomic E-state index is -0.572. The van der Waals surface area contributed by atoms with Gasteiger partial charge in [-0.3, -0.25) is 14.8 Å². The zero-order chi connectivity index (χ0) is 19.7. The van der Waals surface area contributed by atoms with Crippen molar-refractivity contribution in [3.8, 4) is 17.2 Å². The van der Waals surface area contributed by atoms with Crippen LogP contribution in [0.5, 0.6) is 0 Å². The average Bonchev–Trinajstić information content (AvgIpc) is 2.89. The number of nitro groups is 1. The lowest BCUT2D eigenvalue weighted by Crippen LogP contribution is -2.03. The molecule has 1 aromatic heterocycles. The van der Waals surface area contributed by atoms with Gasteiger partial charge in [0, 0.05) is 24.2 Å². The molecule has 2 aromatic carbocycles. The summed E-state index contributed by atoms with van der Waals surface area (Å²) >= 11 is 6.19. The van der Waals surface area contributed by atoms with E-state index in [0.717, 1.165) is 0 Å². The number of benzene rings is 2. The monoisotopic (exact) mass is 385 g/mol. The standard InChI is InChI=1S/C18H13ClFN5O2/c1-10-17(13-5-4-12(20)8-14(13)19)18(24(2)23-10)22-15-6-3-11(9-21)7-16(15)25(26)27/h3-8,22H,1-2H3. The molecule has 0 unspecified atom stereocenters. The normalized spacial score (nSPS) is 10.5. The summed E-state index contributed by atoms with van der Waals surface area (Å²) in [7, 11) is 1.67. The van der Waals surface area contributed by atoms with Crippen molar-refractivity contribution in [1.29, 1.82) is 5.26 Å². The van der Waals surface area contributed by atoms with Crippen LogP contribution >= 0.6 is 11.6 Å². The molecule has 0 fully saturated rings. The Labute approximate surface area is 158 Å². The predicted molar refractivity (Wildman–Crippen MR) is 99.4 cm³/mol. The Hall–Kier alpha value is -3.44. The highest BCUT2D eigenvalue weighted by Crippen LogP contribution is 2.39. The molecule has 7 nitrogen and oxygen atoms in total. The van der Waals surface area contributed by atoms with Crippen molar-refractivity contribution in [2.24, 2.45) is 7.05 Å². The third-order valence-electron chi connectivity index (χ3n) is 4.00. The van der Waals surface area contributed by atoms with Gasteiger partial charge in [-0.2, -0.15) is 10.4 Å². The topological polar surface area (TPSA) is 96.8 Å². The quantitative estimate of drug-likeness (QED) is 0.518. The van der Waals surface area contributed by atoms with Crippen LogP contribution in [0.4, 0.5) is 21.6 Å². The molecule has 136 valence electrons. The summed E-state index contributed by atoms with van der Waals surface area (Å²) in [5.74, 6) is -0.0173. The van der Waals surface area contributed by atoms with Crippen molar-refractivity contribution in [1.82, 2.24) is 9.78 Å². The van der Waals surface area contributed by atoms with Crippen molar-refractivity contribution in [2.45, 2.75) is 6.92 Å². The van der Waals surface area contributed by atoms with Gasteiger partial charge in [0.2, 0.25) is 0 Å². The first-order valence-corrected chi connectivity index (χ1v) is 8.14. The maximum absolute atomic E-state index is 13.4. The minimum Gasteiger partial charge on any atom is -0.334 e. The second-order valence-electron chi connectivity index (χ2n) is 5.78. The van der Waals surface area contributed by atoms with E-state index in [9.17, 15) is 14.5 Å². The largest absolute Gasteiger partial charge is 0.334 e. The fourth-order valence-corrected chi connectivity index (χ4v) is 3.06. The summed E-state index contributed by atoms with van der Waals surface area (Å²) < 4.78 is 14.9. The zero-order valence-corrected chi connectivity index (χ0v) is 15.1. The SMILES string of the molecule is Cc1nn(C)c(Nc2ccc(C#N)cc2[N+](=O)[O-])c1-c1ccc(F)cc1Cl. The number of nitro benzene ring substituents is 1. The molecule has 0 atom stereocenters. The number of aryl methyl sites for hydroxylation is 2. The Morgan fingerprint density at radius 3 is 2.70 bits per heavy atom. The number of halogens is 2. The van der Waals surface area contributed by atoms with E-state index in [1.54, 1.807) is 14.0 Å². The molecule has 0 aliphatic carbocycles. The first kappa shape index (κ1) is 18.4. The van der Waals surface area contributed by atoms with E-state index in [1.807, 2.05) is 6.07 Å². The maximum atomic E-state index is 13.4. The summed E-state index contributed by atoms with van der Waals surface area (Å²) in [4.78, 5) is 10.8. The maximum Gasteiger partial charge on any atom is 0.294 e. The summed E-state index contributed by atoms with van der Waals surface area (Å²) in [6.45, 7) is 1.76. The zero-order valence-electron chi connectivity index (χ0n) is 14.3. The second-order valence-corrected chi connectivity index (χ2v) is 6.19. The molecule has 0 spiro atoms. The van der Waals surface area contributed by atoms with Crippen molar-refractivity contribution < 1.29 is 9.31 Å². The second kappa shape index (κ2) is 7.05. The lowest BCUT2D eigenvalue weighted by molar-refractivity contribution is -0.383. The van der Waals surface area contributed by atoms with Gasteiger partial charge < -0.3 is 5.32 Å². The summed E-state index contributed by atoms with van der Waals surface area (Å²) in [5, 5.41) is 27.9. The molecule has 0 radical (unpaired) electrons. The number of nitrogens with zero attached hydrogens (tertiary/aromatic N) is 4. The van der Waals surface area contributed by atoms with Crippen LogP contribution in [-0.2, 0) is 7.05 Å². The van der Waals surface area contributed by atoms with Crippen LogP contribution < -0.4 is 5.32 Å². The first-order valence-electron chi connectivity index (χ1n) is 7.76. The fourth-order valence-electron chi connectivity index (χ4n) is 2.80. The molecule has 3 rings (SSSR count). The molecule has 0 saturated heterocycles. The molecule has 9 heteroatoms. The van der Waals surface area contributed by atoms with Crippen LogP contribution in [-0.4, -0.2) is 14.7 Å². The van der Waals surface area contributed by atoms with E-state index in [2.05, 4.69) is 10.4 Å². The smallest absolute Gasteiger partial charge is 0.294 e. The minimum absolute atomic E-state index is 0.176. The summed E-state index contributed by atoms with van der Waals surface area (Å²) in [5.41, 5.74) is 1.88. The lowest BCUT2D eigenvalue weighted by Gasteiger charge is -2.12. The molecular weight excluding hydrogens is 373 g/mol. The molecule has 0 saturated carbocycles. The Bertz CT molecular complexity index is 1100. The highest BCUT2D eigenvalue weighted by Gasteiger charge is 2.22. The van der Waals surface area contributed by atoms with Crippen LogP contribution in [0.25, 0.3) is 11.1 Å². The van der Waals surface area contributed by atoms with E-state index in [-0.39, 0.29) is 22.0 Å². The van der Waals surface area contributed by atoms with Crippen molar-refractivity contribution in [3.63, 3.8) is 0 Å². The van der Waals surface area contributed by atoms with Crippen LogP contribution in [0.2, 0.25) is 5.02 Å². The number of nitrogens with one attached hydrogen (secondary N) is 1. The van der Waals surface area contributed by atoms with Gasteiger partial charge in [-0.1, -0.05) is 11.6 Å². The summed E-state index contributed by atoms with van der Waals surface area (Å²) in [6.07, 6.45) is 0. The summed E-state index contributed by atoms with van der Waals surface area (Å²) in [6, 6.07) is 9.99. The number of rotatable bonds is 4. The van der Waals surface area contributed by atoms with Gasteiger partial charge in [-0.05, 0) is 37.3 Å². The third-order valence-corrected chi connectivity index (χ3v) is 4.31. The number of anilines is 2. The van der Waals surface area contributed by atoms with Gasteiger partial charge in [0.15, 0.2) is 0 Å². The Kier molecular flexibility index (Phi) is 4.79. The van der Waals surface area contributed by atoms with Gasteiger partial charge in [0.1, 0.15) is 17.3 Å². The third kappa shape index (κ3) is 3.45. The molecule has 0 bridgehead atoms. The Balaban J connectivity index is 2.15. The average molecular weight is 386 g/mol. The Morgan fingerprint density at radius 2 is 2.07 bits per heavy atom. The molecule has 1 heterocycles. The molecular formula is C18H13ClFN5O2. The van der Waals surface area contributed by atoms with Crippen LogP contribution in [0.1, 0.15) is 11.3 Å². The first-order chi connectivity index (χ1) is 12.8. The van der Waals surface area contributed by atoms with Crippen molar-refractivity contribution >= 4 is 28.8 Å². The van der Waals surface area contributed by atoms with Gasteiger partial charge in [0.25, 0.3) is 5.69 Å². The van der Waals surface area contributed by atoms with Crippen molar-refractivity contribution in [2.75, 3.05) is 5.32 Å². The number of aromatic nitrogens is 2. The Morgan fingerprint density at radius 1 is 1.33 bits per heavy atom. The van der Waals surface area contributed by atoms with Gasteiger partial charge in [0.05, 0.1) is 27.3 Å². The number of nitriles is 1. The molecule has 0 amide bonds. The van der Waals surface area contributed by atoms with Crippen LogP contribution in [0, 0.1) is 34.2 Å². The predicted octanol–water partition coefficient (Wildman–Crippen LogP) is 4.71. The lowest BCUT2D eigenvalue weighted by atomic mass is 10.1. The fraction of sp³-hybridized carbons (Fsp3) is 0.111. The van der Waals surface area contributed by atoms with Crippen LogP contribution in [0.15, 0.2) is 36.4 Å². The van der Waals surface area contributed by atoms with E-state index < -0.39 is 10.7 Å². The highest BCUT2D eigenvalue weighted by atomic mass is 35.5. The molecule has 0 aliphatic rings. The number of hydrogen-bond donors (Lipinski definition) is 1. The molecule has 1 N–H and O–H groups in total. The van der Waals surface area contributed by atoms with E-state index >= 15 is 0 Å². The molecule has 3 aromatic rings. The number of hydrogen-bond acceptors (Lipinski definition) is 5. The van der Waals surface area contributed by atoms with Gasteiger partial charge >= 0.3 is 0 Å². The van der Waals surface area contributed by atoms with Crippen LogP contribution in [0.3, 0.4) is 0 Å². The highest BCUT2D eigenvalue weighted by molar-refractivity contribution is 6.33. The van der Waals surface area contributed by atoms with E-state index in [1.165, 1.54) is 41.1 Å². The van der Waals surface area contributed by atoms with E-state index in [4.69, 9.17) is 16.9 Å². The van der Waals surface area contributed by atoms with Crippen molar-refractivity contribution in [3.05, 3.63) is 68.6 Å². The molecule has 0 aliphatic heterocycles. The van der Waals surface area contributed by atoms with Gasteiger partial charge in [-0.25, -0.2) is 4.39 Å². The van der Waals surface area contributed by atoms with Gasteiger partial charge in [-0.15, -0.1) is 0 Å².